The van der Waals surface area contributed by atoms with E-state index in [4.69, 9.17) is 5.11 Å². The summed E-state index contributed by atoms with van der Waals surface area (Å²) in [4.78, 5) is 20.6. The molecule has 9 heteroatoms. The lowest BCUT2D eigenvalue weighted by molar-refractivity contribution is -0.387. The van der Waals surface area contributed by atoms with E-state index in [2.05, 4.69) is 0 Å². The highest BCUT2D eigenvalue weighted by Gasteiger charge is 2.30. The average Bonchev–Trinajstić information content (AvgIpc) is 2.37. The Morgan fingerprint density at radius 2 is 1.90 bits per heavy atom. The number of nitrogens with one attached hydrogen (secondary N) is 1. The minimum absolute atomic E-state index is 0.0210. The Balaban J connectivity index is 3.40. The number of benzene rings is 1. The first-order valence-corrected chi connectivity index (χ1v) is 7.59. The van der Waals surface area contributed by atoms with Crippen LogP contribution in [0.4, 0.5) is 5.69 Å². The number of aliphatic carboxylic acids is 1. The van der Waals surface area contributed by atoms with E-state index >= 15 is 0 Å². The number of hydrogen-bond donors (Lipinski definition) is 2. The third kappa shape index (κ3) is 3.76. The molecule has 0 aromatic heterocycles. The van der Waals surface area contributed by atoms with Crippen molar-refractivity contribution in [2.45, 2.75) is 38.1 Å². The van der Waals surface area contributed by atoms with Crippen molar-refractivity contribution in [3.8, 4) is 0 Å². The minimum Gasteiger partial charge on any atom is -0.480 e. The minimum atomic E-state index is -4.30. The summed E-state index contributed by atoms with van der Waals surface area (Å²) in [5.41, 5.74) is 0.557. The molecule has 1 rings (SSSR count). The van der Waals surface area contributed by atoms with Gasteiger partial charge in [0.25, 0.3) is 5.69 Å². The van der Waals surface area contributed by atoms with Crippen LogP contribution in [-0.2, 0) is 14.8 Å². The number of rotatable bonds is 6. The molecule has 0 amide bonds. The lowest BCUT2D eigenvalue weighted by atomic mass is 10.1. The molecule has 0 fully saturated rings. The SMILES string of the molecule is CC[C@H](NS(=O)(=O)c1cc(C)c(C)cc1[N+](=O)[O-])C(=O)O. The fraction of sp³-hybridized carbons (Fsp3) is 0.417. The average molecular weight is 316 g/mol. The molecule has 0 spiro atoms. The number of aryl methyl sites for hydroxylation is 2. The molecule has 1 aromatic carbocycles. The van der Waals surface area contributed by atoms with Gasteiger partial charge in [0.1, 0.15) is 6.04 Å². The zero-order valence-electron chi connectivity index (χ0n) is 11.8. The van der Waals surface area contributed by atoms with Gasteiger partial charge in [-0.15, -0.1) is 0 Å². The molecule has 0 saturated heterocycles. The Kier molecular flexibility index (Phi) is 5.02. The van der Waals surface area contributed by atoms with Crippen molar-refractivity contribution in [3.05, 3.63) is 33.4 Å². The van der Waals surface area contributed by atoms with E-state index in [9.17, 15) is 23.3 Å². The molecule has 1 atom stereocenters. The van der Waals surface area contributed by atoms with Gasteiger partial charge in [-0.25, -0.2) is 8.42 Å². The van der Waals surface area contributed by atoms with Crippen molar-refractivity contribution >= 4 is 21.7 Å². The molecule has 0 saturated carbocycles. The normalized spacial score (nSPS) is 12.9. The molecule has 0 aliphatic heterocycles. The molecule has 0 aliphatic rings. The first-order chi connectivity index (χ1) is 9.60. The highest BCUT2D eigenvalue weighted by atomic mass is 32.2. The van der Waals surface area contributed by atoms with Gasteiger partial charge >= 0.3 is 5.97 Å². The maximum atomic E-state index is 12.2. The maximum absolute atomic E-state index is 12.2. The Morgan fingerprint density at radius 3 is 2.33 bits per heavy atom. The van der Waals surface area contributed by atoms with Crippen LogP contribution in [0.1, 0.15) is 24.5 Å². The van der Waals surface area contributed by atoms with Crippen molar-refractivity contribution in [2.24, 2.45) is 0 Å². The number of nitro groups is 1. The number of carboxylic acids is 1. The molecule has 0 heterocycles. The van der Waals surface area contributed by atoms with E-state index in [0.717, 1.165) is 6.07 Å². The van der Waals surface area contributed by atoms with Crippen molar-refractivity contribution in [2.75, 3.05) is 0 Å². The first kappa shape index (κ1) is 17.1. The van der Waals surface area contributed by atoms with Gasteiger partial charge in [-0.05, 0) is 37.5 Å². The second kappa shape index (κ2) is 6.19. The largest absolute Gasteiger partial charge is 0.480 e. The number of sulfonamides is 1. The Bertz CT molecular complexity index is 683. The van der Waals surface area contributed by atoms with Gasteiger partial charge in [0.15, 0.2) is 4.90 Å². The summed E-state index contributed by atoms with van der Waals surface area (Å²) in [7, 11) is -4.30. The third-order valence-electron chi connectivity index (χ3n) is 3.07. The van der Waals surface area contributed by atoms with E-state index in [1.807, 2.05) is 4.72 Å². The fourth-order valence-corrected chi connectivity index (χ4v) is 3.20. The summed E-state index contributed by atoms with van der Waals surface area (Å²) in [5.74, 6) is -1.34. The molecular formula is C12H16N2O6S. The predicted octanol–water partition coefficient (Wildman–Crippen LogP) is 1.35. The summed E-state index contributed by atoms with van der Waals surface area (Å²) in [6.07, 6.45) is 0.0210. The quantitative estimate of drug-likeness (QED) is 0.602. The Morgan fingerprint density at radius 1 is 1.38 bits per heavy atom. The van der Waals surface area contributed by atoms with Crippen LogP contribution in [0.15, 0.2) is 17.0 Å². The van der Waals surface area contributed by atoms with E-state index < -0.39 is 37.5 Å². The summed E-state index contributed by atoms with van der Waals surface area (Å²) >= 11 is 0. The third-order valence-corrected chi connectivity index (χ3v) is 4.57. The van der Waals surface area contributed by atoms with Crippen LogP contribution in [-0.4, -0.2) is 30.5 Å². The predicted molar refractivity (Wildman–Crippen MR) is 74.6 cm³/mol. The molecule has 0 aliphatic carbocycles. The zero-order valence-corrected chi connectivity index (χ0v) is 12.6. The second-order valence-corrected chi connectivity index (χ2v) is 6.26. The van der Waals surface area contributed by atoms with Crippen LogP contribution in [0.2, 0.25) is 0 Å². The Labute approximate surface area is 122 Å². The Hall–Kier alpha value is -2.00. The first-order valence-electron chi connectivity index (χ1n) is 6.11. The van der Waals surface area contributed by atoms with Crippen LogP contribution in [0.3, 0.4) is 0 Å². The molecule has 0 bridgehead atoms. The summed E-state index contributed by atoms with van der Waals surface area (Å²) < 4.78 is 26.4. The number of nitrogens with zero attached hydrogens (tertiary/aromatic N) is 1. The molecule has 116 valence electrons. The fourth-order valence-electron chi connectivity index (χ4n) is 1.69. The van der Waals surface area contributed by atoms with Gasteiger partial charge in [0, 0.05) is 6.07 Å². The number of hydrogen-bond acceptors (Lipinski definition) is 5. The number of carbonyl (C=O) groups is 1. The van der Waals surface area contributed by atoms with Gasteiger partial charge in [-0.3, -0.25) is 14.9 Å². The summed E-state index contributed by atoms with van der Waals surface area (Å²) in [5, 5.41) is 19.9. The van der Waals surface area contributed by atoms with Crippen LogP contribution in [0.25, 0.3) is 0 Å². The molecule has 1 aromatic rings. The number of carboxylic acid groups (broad SMARTS) is 1. The standard InChI is InChI=1S/C12H16N2O6S/c1-4-9(12(15)16)13-21(19,20)11-6-8(3)7(2)5-10(11)14(17)18/h5-6,9,13H,4H2,1-3H3,(H,15,16)/t9-/m0/s1. The second-order valence-electron chi connectivity index (χ2n) is 4.58. The smallest absolute Gasteiger partial charge is 0.321 e. The van der Waals surface area contributed by atoms with E-state index in [0.29, 0.717) is 11.1 Å². The van der Waals surface area contributed by atoms with Crippen molar-refractivity contribution in [3.63, 3.8) is 0 Å². The lowest BCUT2D eigenvalue weighted by Crippen LogP contribution is -2.40. The molecule has 0 radical (unpaired) electrons. The maximum Gasteiger partial charge on any atom is 0.321 e. The van der Waals surface area contributed by atoms with Gasteiger partial charge in [0.05, 0.1) is 4.92 Å². The van der Waals surface area contributed by atoms with E-state index in [-0.39, 0.29) is 6.42 Å². The lowest BCUT2D eigenvalue weighted by Gasteiger charge is -2.14. The molecular weight excluding hydrogens is 300 g/mol. The molecule has 21 heavy (non-hydrogen) atoms. The van der Waals surface area contributed by atoms with Crippen molar-refractivity contribution in [1.29, 1.82) is 0 Å². The van der Waals surface area contributed by atoms with Gasteiger partial charge in [-0.1, -0.05) is 6.92 Å². The van der Waals surface area contributed by atoms with Crippen molar-refractivity contribution in [1.82, 2.24) is 4.72 Å². The molecule has 0 unspecified atom stereocenters. The van der Waals surface area contributed by atoms with Gasteiger partial charge < -0.3 is 5.11 Å². The molecule has 8 nitrogen and oxygen atoms in total. The van der Waals surface area contributed by atoms with Gasteiger partial charge in [-0.2, -0.15) is 4.72 Å². The topological polar surface area (TPSA) is 127 Å². The summed E-state index contributed by atoms with van der Waals surface area (Å²) in [6, 6.07) is 0.993. The zero-order chi connectivity index (χ0) is 16.4. The van der Waals surface area contributed by atoms with Crippen LogP contribution in [0, 0.1) is 24.0 Å². The van der Waals surface area contributed by atoms with E-state index in [1.54, 1.807) is 13.8 Å². The van der Waals surface area contributed by atoms with Crippen LogP contribution < -0.4 is 4.72 Å². The highest BCUT2D eigenvalue weighted by Crippen LogP contribution is 2.27. The number of nitro benzene ring substituents is 1. The highest BCUT2D eigenvalue weighted by molar-refractivity contribution is 7.89. The molecule has 2 N–H and O–H groups in total. The van der Waals surface area contributed by atoms with Crippen LogP contribution >= 0.6 is 0 Å². The van der Waals surface area contributed by atoms with Crippen molar-refractivity contribution < 1.29 is 23.2 Å². The van der Waals surface area contributed by atoms with Gasteiger partial charge in [0.2, 0.25) is 10.0 Å². The summed E-state index contributed by atoms with van der Waals surface area (Å²) in [6.45, 7) is 4.74. The van der Waals surface area contributed by atoms with Crippen LogP contribution in [0.5, 0.6) is 0 Å². The monoisotopic (exact) mass is 316 g/mol. The van der Waals surface area contributed by atoms with E-state index in [1.165, 1.54) is 13.0 Å².